The first-order valence-electron chi connectivity index (χ1n) is 6.64. The summed E-state index contributed by atoms with van der Waals surface area (Å²) in [5.41, 5.74) is 7.25. The third-order valence-corrected chi connectivity index (χ3v) is 3.14. The highest BCUT2D eigenvalue weighted by Crippen LogP contribution is 2.14. The molecule has 114 valence electrons. The SMILES string of the molecule is CCOCc1ccccc1CNC(=O)C(C)(C)CN.Cl. The van der Waals surface area contributed by atoms with Crippen molar-refractivity contribution in [2.45, 2.75) is 33.9 Å². The highest BCUT2D eigenvalue weighted by molar-refractivity contribution is 5.85. The maximum Gasteiger partial charge on any atom is 0.227 e. The van der Waals surface area contributed by atoms with Gasteiger partial charge in [0.1, 0.15) is 0 Å². The van der Waals surface area contributed by atoms with Crippen molar-refractivity contribution in [2.24, 2.45) is 11.1 Å². The molecule has 0 unspecified atom stereocenters. The van der Waals surface area contributed by atoms with Crippen LogP contribution in [-0.4, -0.2) is 19.1 Å². The fourth-order valence-electron chi connectivity index (χ4n) is 1.59. The molecule has 0 aliphatic heterocycles. The normalized spacial score (nSPS) is 10.8. The molecule has 1 aromatic carbocycles. The number of rotatable bonds is 7. The minimum absolute atomic E-state index is 0. The lowest BCUT2D eigenvalue weighted by atomic mass is 9.92. The predicted molar refractivity (Wildman–Crippen MR) is 83.7 cm³/mol. The molecule has 4 nitrogen and oxygen atoms in total. The molecule has 0 aliphatic carbocycles. The second kappa shape index (κ2) is 8.95. The second-order valence-electron chi connectivity index (χ2n) is 5.18. The first-order chi connectivity index (χ1) is 9.01. The van der Waals surface area contributed by atoms with Crippen LogP contribution in [-0.2, 0) is 22.7 Å². The molecule has 0 aliphatic rings. The smallest absolute Gasteiger partial charge is 0.227 e. The molecular formula is C15H25ClN2O2. The molecule has 0 saturated carbocycles. The van der Waals surface area contributed by atoms with Gasteiger partial charge in [-0.1, -0.05) is 24.3 Å². The largest absolute Gasteiger partial charge is 0.377 e. The van der Waals surface area contributed by atoms with Gasteiger partial charge in [-0.3, -0.25) is 4.79 Å². The highest BCUT2D eigenvalue weighted by Gasteiger charge is 2.25. The van der Waals surface area contributed by atoms with Crippen LogP contribution < -0.4 is 11.1 Å². The Morgan fingerprint density at radius 1 is 1.30 bits per heavy atom. The van der Waals surface area contributed by atoms with E-state index in [-0.39, 0.29) is 18.3 Å². The van der Waals surface area contributed by atoms with Crippen LogP contribution in [0.3, 0.4) is 0 Å². The third-order valence-electron chi connectivity index (χ3n) is 3.14. The van der Waals surface area contributed by atoms with Crippen molar-refractivity contribution in [3.63, 3.8) is 0 Å². The second-order valence-corrected chi connectivity index (χ2v) is 5.18. The first kappa shape index (κ1) is 18.9. The maximum atomic E-state index is 12.0. The molecule has 0 heterocycles. The summed E-state index contributed by atoms with van der Waals surface area (Å²) in [7, 11) is 0. The Bertz CT molecular complexity index is 422. The molecule has 0 atom stereocenters. The molecule has 3 N–H and O–H groups in total. The molecule has 1 amide bonds. The summed E-state index contributed by atoms with van der Waals surface area (Å²) in [5, 5.41) is 2.93. The lowest BCUT2D eigenvalue weighted by molar-refractivity contribution is -0.129. The minimum atomic E-state index is -0.533. The molecule has 5 heteroatoms. The summed E-state index contributed by atoms with van der Waals surface area (Å²) < 4.78 is 5.42. The van der Waals surface area contributed by atoms with E-state index in [2.05, 4.69) is 5.32 Å². The Hall–Kier alpha value is -1.10. The van der Waals surface area contributed by atoms with Crippen molar-refractivity contribution in [2.75, 3.05) is 13.2 Å². The van der Waals surface area contributed by atoms with Gasteiger partial charge in [-0.15, -0.1) is 12.4 Å². The number of carbonyl (C=O) groups excluding carboxylic acids is 1. The monoisotopic (exact) mass is 300 g/mol. The number of ether oxygens (including phenoxy) is 1. The van der Waals surface area contributed by atoms with E-state index in [0.29, 0.717) is 26.3 Å². The van der Waals surface area contributed by atoms with E-state index in [1.165, 1.54) is 0 Å². The molecule has 20 heavy (non-hydrogen) atoms. The zero-order valence-electron chi connectivity index (χ0n) is 12.4. The van der Waals surface area contributed by atoms with Crippen LogP contribution in [0.5, 0.6) is 0 Å². The summed E-state index contributed by atoms with van der Waals surface area (Å²) in [5.74, 6) is -0.0267. The van der Waals surface area contributed by atoms with Gasteiger partial charge in [-0.05, 0) is 31.9 Å². The topological polar surface area (TPSA) is 64.3 Å². The molecule has 1 aromatic rings. The highest BCUT2D eigenvalue weighted by atomic mass is 35.5. The van der Waals surface area contributed by atoms with Crippen LogP contribution in [0.15, 0.2) is 24.3 Å². The van der Waals surface area contributed by atoms with Gasteiger partial charge >= 0.3 is 0 Å². The molecule has 0 bridgehead atoms. The molecule has 0 fully saturated rings. The molecule has 1 rings (SSSR count). The maximum absolute atomic E-state index is 12.0. The Labute approximate surface area is 127 Å². The minimum Gasteiger partial charge on any atom is -0.377 e. The van der Waals surface area contributed by atoms with Gasteiger partial charge in [-0.25, -0.2) is 0 Å². The van der Waals surface area contributed by atoms with E-state index in [9.17, 15) is 4.79 Å². The van der Waals surface area contributed by atoms with E-state index in [4.69, 9.17) is 10.5 Å². The average molecular weight is 301 g/mol. The van der Waals surface area contributed by atoms with Crippen LogP contribution in [0.2, 0.25) is 0 Å². The number of nitrogens with two attached hydrogens (primary N) is 1. The van der Waals surface area contributed by atoms with Gasteiger partial charge < -0.3 is 15.8 Å². The van der Waals surface area contributed by atoms with Gasteiger partial charge in [0.05, 0.1) is 12.0 Å². The number of amides is 1. The Morgan fingerprint density at radius 2 is 1.90 bits per heavy atom. The summed E-state index contributed by atoms with van der Waals surface area (Å²) in [6, 6.07) is 7.96. The van der Waals surface area contributed by atoms with Crippen molar-refractivity contribution >= 4 is 18.3 Å². The molecule has 0 aromatic heterocycles. The lowest BCUT2D eigenvalue weighted by Crippen LogP contribution is -2.41. The molecule has 0 radical (unpaired) electrons. The summed E-state index contributed by atoms with van der Waals surface area (Å²) in [6.07, 6.45) is 0. The van der Waals surface area contributed by atoms with Crippen LogP contribution in [0.1, 0.15) is 31.9 Å². The summed E-state index contributed by atoms with van der Waals surface area (Å²) in [4.78, 5) is 12.0. The predicted octanol–water partition coefficient (Wildman–Crippen LogP) is 2.25. The Kier molecular flexibility index (Phi) is 8.46. The fourth-order valence-corrected chi connectivity index (χ4v) is 1.59. The van der Waals surface area contributed by atoms with Crippen molar-refractivity contribution in [1.29, 1.82) is 0 Å². The zero-order chi connectivity index (χ0) is 14.3. The number of nitrogens with one attached hydrogen (secondary N) is 1. The van der Waals surface area contributed by atoms with E-state index in [0.717, 1.165) is 11.1 Å². The van der Waals surface area contributed by atoms with E-state index in [1.807, 2.05) is 45.0 Å². The van der Waals surface area contributed by atoms with E-state index < -0.39 is 5.41 Å². The van der Waals surface area contributed by atoms with Gasteiger partial charge in [0, 0.05) is 19.7 Å². The van der Waals surface area contributed by atoms with Crippen molar-refractivity contribution in [1.82, 2.24) is 5.32 Å². The molecule has 0 spiro atoms. The summed E-state index contributed by atoms with van der Waals surface area (Å²) in [6.45, 7) is 7.74. The summed E-state index contributed by atoms with van der Waals surface area (Å²) >= 11 is 0. The third kappa shape index (κ3) is 5.49. The van der Waals surface area contributed by atoms with Crippen LogP contribution in [0.25, 0.3) is 0 Å². The molecular weight excluding hydrogens is 276 g/mol. The molecule has 0 saturated heterocycles. The van der Waals surface area contributed by atoms with Crippen LogP contribution in [0.4, 0.5) is 0 Å². The number of hydrogen-bond donors (Lipinski definition) is 2. The number of benzene rings is 1. The fraction of sp³-hybridized carbons (Fsp3) is 0.533. The Morgan fingerprint density at radius 3 is 2.45 bits per heavy atom. The quantitative estimate of drug-likeness (QED) is 0.812. The van der Waals surface area contributed by atoms with Crippen LogP contribution in [0, 0.1) is 5.41 Å². The average Bonchev–Trinajstić information content (AvgIpc) is 2.43. The van der Waals surface area contributed by atoms with E-state index >= 15 is 0 Å². The van der Waals surface area contributed by atoms with Crippen molar-refractivity contribution in [3.05, 3.63) is 35.4 Å². The van der Waals surface area contributed by atoms with Gasteiger partial charge in [0.25, 0.3) is 0 Å². The van der Waals surface area contributed by atoms with Gasteiger partial charge in [-0.2, -0.15) is 0 Å². The van der Waals surface area contributed by atoms with Gasteiger partial charge in [0.15, 0.2) is 0 Å². The first-order valence-corrected chi connectivity index (χ1v) is 6.64. The standard InChI is InChI=1S/C15H24N2O2.ClH/c1-4-19-10-13-8-6-5-7-12(13)9-17-14(18)15(2,3)11-16;/h5-8H,4,9-11,16H2,1-3H3,(H,17,18);1H. The van der Waals surface area contributed by atoms with E-state index in [1.54, 1.807) is 0 Å². The van der Waals surface area contributed by atoms with Gasteiger partial charge in [0.2, 0.25) is 5.91 Å². The Balaban J connectivity index is 0.00000361. The van der Waals surface area contributed by atoms with Crippen molar-refractivity contribution < 1.29 is 9.53 Å². The number of halogens is 1. The number of carbonyl (C=O) groups is 1. The van der Waals surface area contributed by atoms with Crippen molar-refractivity contribution in [3.8, 4) is 0 Å². The van der Waals surface area contributed by atoms with Crippen LogP contribution >= 0.6 is 12.4 Å². The zero-order valence-corrected chi connectivity index (χ0v) is 13.3. The number of hydrogen-bond acceptors (Lipinski definition) is 3. The lowest BCUT2D eigenvalue weighted by Gasteiger charge is -2.21.